The Morgan fingerprint density at radius 2 is 1.97 bits per heavy atom. The number of alkyl halides is 3. The third-order valence-electron chi connectivity index (χ3n) is 6.91. The minimum absolute atomic E-state index is 0.0766. The lowest BCUT2D eigenvalue weighted by Gasteiger charge is -2.31. The molecule has 0 N–H and O–H groups in total. The fourth-order valence-electron chi connectivity index (χ4n) is 5.41. The number of rotatable bonds is 3. The van der Waals surface area contributed by atoms with Crippen LogP contribution in [0.3, 0.4) is 0 Å². The number of esters is 1. The van der Waals surface area contributed by atoms with E-state index in [2.05, 4.69) is 4.98 Å². The van der Waals surface area contributed by atoms with Gasteiger partial charge in [0.1, 0.15) is 5.82 Å². The van der Waals surface area contributed by atoms with Gasteiger partial charge in [-0.2, -0.15) is 13.2 Å². The van der Waals surface area contributed by atoms with Gasteiger partial charge in [0.25, 0.3) is 0 Å². The van der Waals surface area contributed by atoms with Crippen molar-refractivity contribution in [3.05, 3.63) is 71.3 Å². The van der Waals surface area contributed by atoms with Crippen molar-refractivity contribution in [2.45, 2.75) is 30.5 Å². The first-order valence-electron chi connectivity index (χ1n) is 10.8. The molecule has 1 spiro atoms. The number of carbonyl (C=O) groups is 1. The van der Waals surface area contributed by atoms with Crippen molar-refractivity contribution in [1.29, 1.82) is 0 Å². The van der Waals surface area contributed by atoms with Crippen LogP contribution in [0.5, 0.6) is 0 Å². The van der Waals surface area contributed by atoms with E-state index < -0.39 is 41.0 Å². The van der Waals surface area contributed by atoms with Crippen LogP contribution in [0.1, 0.15) is 35.4 Å². The lowest BCUT2D eigenvalue weighted by atomic mass is 9.79. The van der Waals surface area contributed by atoms with E-state index in [1.165, 1.54) is 25.6 Å². The predicted molar refractivity (Wildman–Crippen MR) is 116 cm³/mol. The van der Waals surface area contributed by atoms with Crippen molar-refractivity contribution in [2.24, 2.45) is 13.0 Å². The Labute approximate surface area is 193 Å². The van der Waals surface area contributed by atoms with E-state index >= 15 is 0 Å². The molecule has 2 heterocycles. The van der Waals surface area contributed by atoms with Gasteiger partial charge in [0.05, 0.1) is 48.2 Å². The van der Waals surface area contributed by atoms with E-state index in [0.29, 0.717) is 35.1 Å². The lowest BCUT2D eigenvalue weighted by Crippen LogP contribution is -2.34. The summed E-state index contributed by atoms with van der Waals surface area (Å²) in [5.41, 5.74) is 0.791. The van der Waals surface area contributed by atoms with Crippen LogP contribution in [0.4, 0.5) is 17.6 Å². The van der Waals surface area contributed by atoms with Crippen LogP contribution >= 0.6 is 0 Å². The fraction of sp³-hybridized carbons (Fsp3) is 0.360. The third-order valence-corrected chi connectivity index (χ3v) is 6.91. The van der Waals surface area contributed by atoms with Crippen LogP contribution in [0.25, 0.3) is 16.6 Å². The van der Waals surface area contributed by atoms with Gasteiger partial charge in [0.15, 0.2) is 0 Å². The van der Waals surface area contributed by atoms with Gasteiger partial charge in [-0.15, -0.1) is 0 Å². The molecule has 0 bridgehead atoms. The molecule has 1 aliphatic carbocycles. The number of methoxy groups -OCH3 is 1. The molecule has 0 unspecified atom stereocenters. The zero-order chi connectivity index (χ0) is 24.3. The van der Waals surface area contributed by atoms with Crippen molar-refractivity contribution in [1.82, 2.24) is 9.55 Å². The summed E-state index contributed by atoms with van der Waals surface area (Å²) in [6.45, 7) is 0.0766. The minimum Gasteiger partial charge on any atom is -0.469 e. The number of imidazole rings is 1. The largest absolute Gasteiger partial charge is 0.469 e. The number of fused-ring (bicyclic) bond motifs is 1. The van der Waals surface area contributed by atoms with Gasteiger partial charge < -0.3 is 14.0 Å². The molecule has 1 saturated carbocycles. The molecule has 2 aliphatic rings. The number of halogens is 4. The van der Waals surface area contributed by atoms with Crippen LogP contribution in [0, 0.1) is 11.7 Å². The molecule has 5 rings (SSSR count). The summed E-state index contributed by atoms with van der Waals surface area (Å²) in [6, 6.07) is 8.03. The van der Waals surface area contributed by atoms with Gasteiger partial charge in [0, 0.05) is 18.5 Å². The quantitative estimate of drug-likeness (QED) is 0.384. The minimum atomic E-state index is -4.53. The molecule has 5 nitrogen and oxygen atoms in total. The highest BCUT2D eigenvalue weighted by molar-refractivity contribution is 5.91. The van der Waals surface area contributed by atoms with Crippen LogP contribution < -0.4 is 0 Å². The fourth-order valence-corrected chi connectivity index (χ4v) is 5.41. The second-order valence-corrected chi connectivity index (χ2v) is 8.86. The molecule has 0 saturated heterocycles. The number of ether oxygens (including phenoxy) is 2. The number of aromatic nitrogens is 2. The standard InChI is InChI=1S/C25H22F4N2O3/c1-31-13-30-20-10-16(25(27,28)29)9-19(22(20)31)15-11-24(34-12-15)8-7-18(23(32)33-2)21(24)14-3-5-17(26)6-4-14/h3-6,9-11,13,18,21H,7-8,12H2,1-2H3/t18-,21+,24+/m0/s1. The third kappa shape index (κ3) is 3.58. The van der Waals surface area contributed by atoms with E-state index in [1.54, 1.807) is 23.7 Å². The highest BCUT2D eigenvalue weighted by Crippen LogP contribution is 2.54. The van der Waals surface area contributed by atoms with Gasteiger partial charge in [-0.05, 0) is 54.3 Å². The summed E-state index contributed by atoms with van der Waals surface area (Å²) >= 11 is 0. The molecule has 1 aliphatic heterocycles. The van der Waals surface area contributed by atoms with E-state index in [1.807, 2.05) is 6.08 Å². The summed E-state index contributed by atoms with van der Waals surface area (Å²) in [4.78, 5) is 16.7. The molecule has 34 heavy (non-hydrogen) atoms. The SMILES string of the molecule is COC(=O)[C@H]1CC[C@@]2(C=C(c3cc(C(F)(F)F)cc4ncn(C)c34)CO2)[C@@H]1c1ccc(F)cc1. The highest BCUT2D eigenvalue weighted by Gasteiger charge is 2.54. The maximum Gasteiger partial charge on any atom is 0.416 e. The van der Waals surface area contributed by atoms with Gasteiger partial charge in [-0.1, -0.05) is 12.1 Å². The summed E-state index contributed by atoms with van der Waals surface area (Å²) in [6.07, 6.45) is -0.261. The maximum absolute atomic E-state index is 13.6. The molecule has 3 atom stereocenters. The van der Waals surface area contributed by atoms with Crippen LogP contribution in [-0.2, 0) is 27.5 Å². The van der Waals surface area contributed by atoms with Crippen molar-refractivity contribution in [3.63, 3.8) is 0 Å². The van der Waals surface area contributed by atoms with E-state index in [-0.39, 0.29) is 12.1 Å². The molecule has 0 amide bonds. The second kappa shape index (κ2) is 7.94. The topological polar surface area (TPSA) is 53.3 Å². The van der Waals surface area contributed by atoms with Crippen molar-refractivity contribution >= 4 is 22.6 Å². The summed E-state index contributed by atoms with van der Waals surface area (Å²) in [7, 11) is 3.04. The number of hydrogen-bond acceptors (Lipinski definition) is 4. The van der Waals surface area contributed by atoms with E-state index in [4.69, 9.17) is 9.47 Å². The van der Waals surface area contributed by atoms with Crippen LogP contribution in [0.2, 0.25) is 0 Å². The number of benzene rings is 2. The summed E-state index contributed by atoms with van der Waals surface area (Å²) < 4.78 is 67.4. The first-order valence-corrected chi connectivity index (χ1v) is 10.8. The molecule has 178 valence electrons. The molecule has 9 heteroatoms. The Morgan fingerprint density at radius 3 is 2.65 bits per heavy atom. The highest BCUT2D eigenvalue weighted by atomic mass is 19.4. The number of hydrogen-bond donors (Lipinski definition) is 0. The average Bonchev–Trinajstić information content (AvgIpc) is 3.51. The normalized spacial score (nSPS) is 24.7. The second-order valence-electron chi connectivity index (χ2n) is 8.86. The number of carbonyl (C=O) groups excluding carboxylic acids is 1. The van der Waals surface area contributed by atoms with Crippen molar-refractivity contribution < 1.29 is 31.8 Å². The summed E-state index contributed by atoms with van der Waals surface area (Å²) in [5.74, 6) is -1.79. The zero-order valence-electron chi connectivity index (χ0n) is 18.5. The maximum atomic E-state index is 13.6. The van der Waals surface area contributed by atoms with Gasteiger partial charge >= 0.3 is 12.1 Å². The molecule has 1 fully saturated rings. The van der Waals surface area contributed by atoms with Gasteiger partial charge in [-0.3, -0.25) is 4.79 Å². The molecule has 3 aromatic rings. The number of nitrogens with zero attached hydrogens (tertiary/aromatic N) is 2. The first kappa shape index (κ1) is 22.6. The van der Waals surface area contributed by atoms with Crippen LogP contribution in [0.15, 0.2) is 48.8 Å². The van der Waals surface area contributed by atoms with Gasteiger partial charge in [0.2, 0.25) is 0 Å². The Morgan fingerprint density at radius 1 is 1.24 bits per heavy atom. The monoisotopic (exact) mass is 474 g/mol. The lowest BCUT2D eigenvalue weighted by molar-refractivity contribution is -0.146. The first-order chi connectivity index (χ1) is 16.1. The molecule has 0 radical (unpaired) electrons. The summed E-state index contributed by atoms with van der Waals surface area (Å²) in [5, 5.41) is 0. The number of aryl methyl sites for hydroxylation is 1. The van der Waals surface area contributed by atoms with Crippen molar-refractivity contribution in [2.75, 3.05) is 13.7 Å². The molecular weight excluding hydrogens is 452 g/mol. The van der Waals surface area contributed by atoms with E-state index in [9.17, 15) is 22.4 Å². The Balaban J connectivity index is 1.65. The van der Waals surface area contributed by atoms with Crippen LogP contribution in [-0.4, -0.2) is 34.8 Å². The molecule has 2 aromatic carbocycles. The van der Waals surface area contributed by atoms with Crippen molar-refractivity contribution in [3.8, 4) is 0 Å². The smallest absolute Gasteiger partial charge is 0.416 e. The zero-order valence-corrected chi connectivity index (χ0v) is 18.5. The molecule has 1 aromatic heterocycles. The Kier molecular flexibility index (Phi) is 5.27. The van der Waals surface area contributed by atoms with E-state index in [0.717, 1.165) is 12.1 Å². The average molecular weight is 474 g/mol. The molecular formula is C25H22F4N2O3. The van der Waals surface area contributed by atoms with Gasteiger partial charge in [-0.25, -0.2) is 9.37 Å². The predicted octanol–water partition coefficient (Wildman–Crippen LogP) is 5.25. The Hall–Kier alpha value is -3.20. The Bertz CT molecular complexity index is 1300.